The Morgan fingerprint density at radius 1 is 1.16 bits per heavy atom. The van der Waals surface area contributed by atoms with E-state index >= 15 is 0 Å². The molecular weight excluding hydrogens is 261 g/mol. The molecule has 0 amide bonds. The Labute approximate surface area is 118 Å². The second-order valence-corrected chi connectivity index (χ2v) is 5.00. The van der Waals surface area contributed by atoms with Crippen molar-refractivity contribution < 1.29 is 4.39 Å². The van der Waals surface area contributed by atoms with Gasteiger partial charge in [0.1, 0.15) is 5.82 Å². The largest absolute Gasteiger partial charge is 0.306 e. The molecule has 1 atom stereocenters. The molecule has 0 aromatic heterocycles. The molecule has 0 spiro atoms. The van der Waals surface area contributed by atoms with Crippen molar-refractivity contribution in [3.63, 3.8) is 0 Å². The summed E-state index contributed by atoms with van der Waals surface area (Å²) in [6.45, 7) is 4.66. The van der Waals surface area contributed by atoms with Crippen molar-refractivity contribution in [3.05, 3.63) is 70.0 Å². The normalized spacial score (nSPS) is 12.4. The zero-order valence-corrected chi connectivity index (χ0v) is 11.8. The molecule has 0 aliphatic carbocycles. The summed E-state index contributed by atoms with van der Waals surface area (Å²) in [5.74, 6) is -0.180. The van der Waals surface area contributed by atoms with Gasteiger partial charge in [-0.15, -0.1) is 0 Å². The molecule has 0 radical (unpaired) electrons. The lowest BCUT2D eigenvalue weighted by Crippen LogP contribution is -2.23. The fraction of sp³-hybridized carbons (Fsp3) is 0.250. The number of halogens is 2. The molecule has 0 heterocycles. The lowest BCUT2D eigenvalue weighted by Gasteiger charge is -2.20. The van der Waals surface area contributed by atoms with E-state index in [4.69, 9.17) is 11.6 Å². The van der Waals surface area contributed by atoms with Crippen LogP contribution in [0.5, 0.6) is 0 Å². The van der Waals surface area contributed by atoms with E-state index in [1.54, 1.807) is 6.07 Å². The first kappa shape index (κ1) is 14.0. The Balaban J connectivity index is 2.41. The highest BCUT2D eigenvalue weighted by atomic mass is 35.5. The van der Waals surface area contributed by atoms with Crippen molar-refractivity contribution in [2.24, 2.45) is 0 Å². The Bertz CT molecular complexity index is 551. The first-order valence-corrected chi connectivity index (χ1v) is 6.74. The quantitative estimate of drug-likeness (QED) is 0.868. The summed E-state index contributed by atoms with van der Waals surface area (Å²) < 4.78 is 14.1. The molecule has 0 saturated heterocycles. The van der Waals surface area contributed by atoms with Crippen LogP contribution in [0, 0.1) is 12.7 Å². The molecule has 100 valence electrons. The van der Waals surface area contributed by atoms with Crippen molar-refractivity contribution in [1.29, 1.82) is 0 Å². The van der Waals surface area contributed by atoms with Crippen LogP contribution in [0.4, 0.5) is 4.39 Å². The molecule has 0 aliphatic heterocycles. The highest BCUT2D eigenvalue weighted by molar-refractivity contribution is 6.30. The predicted molar refractivity (Wildman–Crippen MR) is 78.1 cm³/mol. The van der Waals surface area contributed by atoms with Gasteiger partial charge in [-0.25, -0.2) is 4.39 Å². The molecule has 2 aromatic carbocycles. The average molecular weight is 278 g/mol. The van der Waals surface area contributed by atoms with E-state index in [2.05, 4.69) is 5.32 Å². The number of hydrogen-bond donors (Lipinski definition) is 1. The van der Waals surface area contributed by atoms with E-state index in [9.17, 15) is 4.39 Å². The number of nitrogens with one attached hydrogen (secondary N) is 1. The van der Waals surface area contributed by atoms with E-state index in [-0.39, 0.29) is 11.9 Å². The molecule has 0 saturated carbocycles. The minimum atomic E-state index is -0.180. The highest BCUT2D eigenvalue weighted by Gasteiger charge is 2.16. The van der Waals surface area contributed by atoms with Crippen molar-refractivity contribution in [3.8, 4) is 0 Å². The van der Waals surface area contributed by atoms with Gasteiger partial charge in [0.2, 0.25) is 0 Å². The number of benzene rings is 2. The van der Waals surface area contributed by atoms with Crippen LogP contribution in [0.2, 0.25) is 5.02 Å². The molecule has 0 fully saturated rings. The van der Waals surface area contributed by atoms with Crippen molar-refractivity contribution >= 4 is 11.6 Å². The minimum absolute atomic E-state index is 0.150. The molecule has 2 aromatic rings. The van der Waals surface area contributed by atoms with Crippen LogP contribution in [0.15, 0.2) is 42.5 Å². The summed E-state index contributed by atoms with van der Waals surface area (Å²) >= 11 is 5.90. The van der Waals surface area contributed by atoms with Gasteiger partial charge in [0, 0.05) is 10.6 Å². The first-order valence-electron chi connectivity index (χ1n) is 6.36. The summed E-state index contributed by atoms with van der Waals surface area (Å²) in [6, 6.07) is 12.7. The van der Waals surface area contributed by atoms with Crippen LogP contribution < -0.4 is 5.32 Å². The summed E-state index contributed by atoms with van der Waals surface area (Å²) in [6.07, 6.45) is 0. The molecule has 0 aliphatic rings. The molecule has 1 unspecified atom stereocenters. The summed E-state index contributed by atoms with van der Waals surface area (Å²) in [5, 5.41) is 4.00. The van der Waals surface area contributed by atoms with Gasteiger partial charge in [0.05, 0.1) is 6.04 Å². The molecule has 0 bridgehead atoms. The minimum Gasteiger partial charge on any atom is -0.306 e. The third kappa shape index (κ3) is 3.34. The third-order valence-electron chi connectivity index (χ3n) is 3.08. The molecule has 19 heavy (non-hydrogen) atoms. The standard InChI is InChI=1S/C16H17ClFN/c1-3-19-16(12-5-7-13(17)8-6-12)14-9-4-11(2)10-15(14)18/h4-10,16,19H,3H2,1-2H3. The zero-order chi connectivity index (χ0) is 13.8. The van der Waals surface area contributed by atoms with E-state index < -0.39 is 0 Å². The maximum Gasteiger partial charge on any atom is 0.128 e. The maximum atomic E-state index is 14.1. The molecular formula is C16H17ClFN. The van der Waals surface area contributed by atoms with Gasteiger partial charge in [-0.1, -0.05) is 42.8 Å². The van der Waals surface area contributed by atoms with Crippen LogP contribution in [0.1, 0.15) is 29.7 Å². The van der Waals surface area contributed by atoms with Gasteiger partial charge < -0.3 is 5.32 Å². The number of rotatable bonds is 4. The second kappa shape index (κ2) is 6.18. The van der Waals surface area contributed by atoms with Gasteiger partial charge in [0.15, 0.2) is 0 Å². The first-order chi connectivity index (χ1) is 9.11. The van der Waals surface area contributed by atoms with E-state index in [0.29, 0.717) is 10.6 Å². The molecule has 1 nitrogen and oxygen atoms in total. The Kier molecular flexibility index (Phi) is 4.56. The molecule has 1 N–H and O–H groups in total. The smallest absolute Gasteiger partial charge is 0.128 e. The van der Waals surface area contributed by atoms with Crippen LogP contribution in [-0.4, -0.2) is 6.54 Å². The molecule has 2 rings (SSSR count). The average Bonchev–Trinajstić information content (AvgIpc) is 2.38. The zero-order valence-electron chi connectivity index (χ0n) is 11.1. The number of aryl methyl sites for hydroxylation is 1. The topological polar surface area (TPSA) is 12.0 Å². The van der Waals surface area contributed by atoms with Crippen LogP contribution in [0.25, 0.3) is 0 Å². The van der Waals surface area contributed by atoms with Crippen molar-refractivity contribution in [1.82, 2.24) is 5.32 Å². The highest BCUT2D eigenvalue weighted by Crippen LogP contribution is 2.26. The Hall–Kier alpha value is -1.38. The van der Waals surface area contributed by atoms with Crippen molar-refractivity contribution in [2.45, 2.75) is 19.9 Å². The fourth-order valence-corrected chi connectivity index (χ4v) is 2.26. The van der Waals surface area contributed by atoms with Gasteiger partial charge >= 0.3 is 0 Å². The Morgan fingerprint density at radius 3 is 2.42 bits per heavy atom. The van der Waals surface area contributed by atoms with Crippen LogP contribution in [-0.2, 0) is 0 Å². The van der Waals surface area contributed by atoms with E-state index in [1.807, 2.05) is 50.2 Å². The van der Waals surface area contributed by atoms with Gasteiger partial charge in [-0.3, -0.25) is 0 Å². The maximum absolute atomic E-state index is 14.1. The van der Waals surface area contributed by atoms with Crippen LogP contribution >= 0.6 is 11.6 Å². The van der Waals surface area contributed by atoms with Gasteiger partial charge in [0.25, 0.3) is 0 Å². The lowest BCUT2D eigenvalue weighted by molar-refractivity contribution is 0.558. The van der Waals surface area contributed by atoms with Gasteiger partial charge in [-0.05, 0) is 42.8 Å². The van der Waals surface area contributed by atoms with Crippen LogP contribution in [0.3, 0.4) is 0 Å². The summed E-state index contributed by atoms with van der Waals surface area (Å²) in [4.78, 5) is 0. The fourth-order valence-electron chi connectivity index (χ4n) is 2.13. The van der Waals surface area contributed by atoms with E-state index in [1.165, 1.54) is 0 Å². The summed E-state index contributed by atoms with van der Waals surface area (Å²) in [5.41, 5.74) is 2.59. The predicted octanol–water partition coefficient (Wildman–Crippen LogP) is 4.49. The Morgan fingerprint density at radius 2 is 1.84 bits per heavy atom. The third-order valence-corrected chi connectivity index (χ3v) is 3.33. The van der Waals surface area contributed by atoms with Gasteiger partial charge in [-0.2, -0.15) is 0 Å². The second-order valence-electron chi connectivity index (χ2n) is 4.57. The van der Waals surface area contributed by atoms with Crippen molar-refractivity contribution in [2.75, 3.05) is 6.54 Å². The van der Waals surface area contributed by atoms with E-state index in [0.717, 1.165) is 17.7 Å². The number of hydrogen-bond acceptors (Lipinski definition) is 1. The summed E-state index contributed by atoms with van der Waals surface area (Å²) in [7, 11) is 0. The monoisotopic (exact) mass is 277 g/mol. The molecule has 3 heteroatoms. The SMILES string of the molecule is CCNC(c1ccc(Cl)cc1)c1ccc(C)cc1F. The lowest BCUT2D eigenvalue weighted by atomic mass is 9.97.